The number of anilines is 1. The fourth-order valence-corrected chi connectivity index (χ4v) is 3.33. The summed E-state index contributed by atoms with van der Waals surface area (Å²) in [6.45, 7) is 5.00. The molecule has 138 valence electrons. The van der Waals surface area contributed by atoms with Crippen LogP contribution in [0.1, 0.15) is 28.0 Å². The molecule has 5 nitrogen and oxygen atoms in total. The molecule has 0 fully saturated rings. The Hall–Kier alpha value is -2.79. The summed E-state index contributed by atoms with van der Waals surface area (Å²) in [5.41, 5.74) is 3.68. The number of nitrogens with zero attached hydrogens (tertiary/aromatic N) is 1. The van der Waals surface area contributed by atoms with Gasteiger partial charge in [0, 0.05) is 29.6 Å². The van der Waals surface area contributed by atoms with Gasteiger partial charge >= 0.3 is 0 Å². The van der Waals surface area contributed by atoms with Crippen molar-refractivity contribution in [1.82, 2.24) is 4.98 Å². The lowest BCUT2D eigenvalue weighted by Crippen LogP contribution is -2.14. The Morgan fingerprint density at radius 3 is 2.59 bits per heavy atom. The van der Waals surface area contributed by atoms with E-state index in [1.54, 1.807) is 18.2 Å². The minimum absolute atomic E-state index is 0.243. The Morgan fingerprint density at radius 1 is 1.07 bits per heavy atom. The third-order valence-electron chi connectivity index (χ3n) is 4.42. The second-order valence-electron chi connectivity index (χ2n) is 6.62. The van der Waals surface area contributed by atoms with Crippen molar-refractivity contribution in [3.05, 3.63) is 58.2 Å². The molecule has 0 aliphatic carbocycles. The maximum atomic E-state index is 13.0. The van der Waals surface area contributed by atoms with E-state index in [1.807, 2.05) is 32.0 Å². The lowest BCUT2D eigenvalue weighted by Gasteiger charge is -2.14. The van der Waals surface area contributed by atoms with E-state index < -0.39 is 0 Å². The molecular weight excluding hydrogens is 364 g/mol. The van der Waals surface area contributed by atoms with Gasteiger partial charge in [-0.05, 0) is 32.0 Å². The molecule has 3 aromatic rings. The van der Waals surface area contributed by atoms with Gasteiger partial charge in [0.15, 0.2) is 11.5 Å². The van der Waals surface area contributed by atoms with Crippen LogP contribution in [0.3, 0.4) is 0 Å². The Labute approximate surface area is 162 Å². The number of nitrogens with one attached hydrogen (secondary N) is 1. The Morgan fingerprint density at radius 2 is 1.81 bits per heavy atom. The zero-order valence-corrected chi connectivity index (χ0v) is 15.9. The first kappa shape index (κ1) is 17.6. The Kier molecular flexibility index (Phi) is 4.62. The maximum absolute atomic E-state index is 13.0. The van der Waals surface area contributed by atoms with E-state index in [4.69, 9.17) is 21.1 Å². The zero-order chi connectivity index (χ0) is 19.0. The molecule has 1 aliphatic rings. The number of ether oxygens (including phenoxy) is 2. The quantitative estimate of drug-likeness (QED) is 0.683. The summed E-state index contributed by atoms with van der Waals surface area (Å²) in [6, 6.07) is 11.0. The molecule has 4 rings (SSSR count). The SMILES string of the molecule is Cc1ccc2nc(C)cc(C(=O)Nc3cc4c(cc3Cl)OCCCO4)c2c1. The number of aromatic nitrogens is 1. The van der Waals surface area contributed by atoms with E-state index in [0.717, 1.165) is 28.6 Å². The highest BCUT2D eigenvalue weighted by Gasteiger charge is 2.18. The van der Waals surface area contributed by atoms with Crippen molar-refractivity contribution in [3.63, 3.8) is 0 Å². The maximum Gasteiger partial charge on any atom is 0.256 e. The molecular formula is C21H19ClN2O3. The van der Waals surface area contributed by atoms with Crippen LogP contribution in [-0.2, 0) is 0 Å². The second kappa shape index (κ2) is 7.08. The fraction of sp³-hybridized carbons (Fsp3) is 0.238. The Bertz CT molecular complexity index is 1050. The van der Waals surface area contributed by atoms with Gasteiger partial charge in [0.2, 0.25) is 0 Å². The molecule has 0 bridgehead atoms. The van der Waals surface area contributed by atoms with Crippen LogP contribution in [0.2, 0.25) is 5.02 Å². The van der Waals surface area contributed by atoms with Gasteiger partial charge in [0.05, 0.1) is 35.0 Å². The summed E-state index contributed by atoms with van der Waals surface area (Å²) in [4.78, 5) is 17.5. The predicted molar refractivity (Wildman–Crippen MR) is 106 cm³/mol. The number of hydrogen-bond acceptors (Lipinski definition) is 4. The number of pyridine rings is 1. The van der Waals surface area contributed by atoms with E-state index in [-0.39, 0.29) is 5.91 Å². The third-order valence-corrected chi connectivity index (χ3v) is 4.73. The van der Waals surface area contributed by atoms with Crippen molar-refractivity contribution in [2.24, 2.45) is 0 Å². The van der Waals surface area contributed by atoms with E-state index in [0.29, 0.717) is 41.0 Å². The minimum atomic E-state index is -0.243. The van der Waals surface area contributed by atoms with Crippen molar-refractivity contribution >= 4 is 34.1 Å². The van der Waals surface area contributed by atoms with Crippen LogP contribution in [0.25, 0.3) is 10.9 Å². The number of hydrogen-bond donors (Lipinski definition) is 1. The van der Waals surface area contributed by atoms with Crippen LogP contribution >= 0.6 is 11.6 Å². The summed E-state index contributed by atoms with van der Waals surface area (Å²) < 4.78 is 11.3. The smallest absolute Gasteiger partial charge is 0.256 e. The first-order valence-corrected chi connectivity index (χ1v) is 9.17. The summed E-state index contributed by atoms with van der Waals surface area (Å²) in [6.07, 6.45) is 0.801. The minimum Gasteiger partial charge on any atom is -0.490 e. The summed E-state index contributed by atoms with van der Waals surface area (Å²) >= 11 is 6.36. The number of halogens is 1. The van der Waals surface area contributed by atoms with Gasteiger partial charge in [-0.15, -0.1) is 0 Å². The summed E-state index contributed by atoms with van der Waals surface area (Å²) in [5.74, 6) is 0.933. The van der Waals surface area contributed by atoms with E-state index >= 15 is 0 Å². The van der Waals surface area contributed by atoms with Gasteiger partial charge in [-0.2, -0.15) is 0 Å². The first-order valence-electron chi connectivity index (χ1n) is 8.80. The molecule has 0 radical (unpaired) electrons. The van der Waals surface area contributed by atoms with Crippen LogP contribution in [-0.4, -0.2) is 24.1 Å². The number of benzene rings is 2. The van der Waals surface area contributed by atoms with Gasteiger partial charge in [-0.1, -0.05) is 23.2 Å². The van der Waals surface area contributed by atoms with E-state index in [2.05, 4.69) is 10.3 Å². The van der Waals surface area contributed by atoms with E-state index in [9.17, 15) is 4.79 Å². The lowest BCUT2D eigenvalue weighted by molar-refractivity contribution is 0.102. The van der Waals surface area contributed by atoms with Crippen molar-refractivity contribution in [3.8, 4) is 11.5 Å². The highest BCUT2D eigenvalue weighted by molar-refractivity contribution is 6.34. The van der Waals surface area contributed by atoms with E-state index in [1.165, 1.54) is 0 Å². The number of amides is 1. The fourth-order valence-electron chi connectivity index (χ4n) is 3.13. The zero-order valence-electron chi connectivity index (χ0n) is 15.1. The van der Waals surface area contributed by atoms with Crippen molar-refractivity contribution in [2.75, 3.05) is 18.5 Å². The molecule has 1 aliphatic heterocycles. The number of carbonyl (C=O) groups is 1. The molecule has 0 saturated carbocycles. The second-order valence-corrected chi connectivity index (χ2v) is 7.02. The Balaban J connectivity index is 1.72. The van der Waals surface area contributed by atoms with Gasteiger partial charge in [-0.25, -0.2) is 0 Å². The topological polar surface area (TPSA) is 60.5 Å². The monoisotopic (exact) mass is 382 g/mol. The number of rotatable bonds is 2. The molecule has 1 aromatic heterocycles. The molecule has 0 spiro atoms. The lowest BCUT2D eigenvalue weighted by atomic mass is 10.0. The van der Waals surface area contributed by atoms with Crippen LogP contribution < -0.4 is 14.8 Å². The van der Waals surface area contributed by atoms with Gasteiger partial charge < -0.3 is 14.8 Å². The van der Waals surface area contributed by atoms with Crippen LogP contribution in [0.4, 0.5) is 5.69 Å². The molecule has 27 heavy (non-hydrogen) atoms. The molecule has 6 heteroatoms. The molecule has 0 unspecified atom stereocenters. The molecule has 0 saturated heterocycles. The number of fused-ring (bicyclic) bond motifs is 2. The average molecular weight is 383 g/mol. The standard InChI is InChI=1S/C21H19ClN2O3/c1-12-4-5-17-14(8-12)15(9-13(2)23-17)21(25)24-18-11-20-19(10-16(18)22)26-6-3-7-27-20/h4-5,8-11H,3,6-7H2,1-2H3,(H,24,25). The molecule has 2 heterocycles. The normalized spacial score (nSPS) is 13.3. The highest BCUT2D eigenvalue weighted by Crippen LogP contribution is 2.38. The van der Waals surface area contributed by atoms with Crippen LogP contribution in [0, 0.1) is 13.8 Å². The van der Waals surface area contributed by atoms with Crippen molar-refractivity contribution in [2.45, 2.75) is 20.3 Å². The van der Waals surface area contributed by atoms with Gasteiger partial charge in [-0.3, -0.25) is 9.78 Å². The van der Waals surface area contributed by atoms with Gasteiger partial charge in [0.25, 0.3) is 5.91 Å². The number of carbonyl (C=O) groups excluding carboxylic acids is 1. The van der Waals surface area contributed by atoms with Crippen LogP contribution in [0.5, 0.6) is 11.5 Å². The predicted octanol–water partition coefficient (Wildman–Crippen LogP) is 4.92. The summed E-state index contributed by atoms with van der Waals surface area (Å²) in [5, 5.41) is 4.11. The van der Waals surface area contributed by atoms with Gasteiger partial charge in [0.1, 0.15) is 0 Å². The molecule has 1 N–H and O–H groups in total. The molecule has 0 atom stereocenters. The average Bonchev–Trinajstić information content (AvgIpc) is 2.86. The summed E-state index contributed by atoms with van der Waals surface area (Å²) in [7, 11) is 0. The van der Waals surface area contributed by atoms with Crippen molar-refractivity contribution in [1.29, 1.82) is 0 Å². The number of aryl methyl sites for hydroxylation is 2. The molecule has 1 amide bonds. The third kappa shape index (κ3) is 3.55. The first-order chi connectivity index (χ1) is 13.0. The van der Waals surface area contributed by atoms with Crippen molar-refractivity contribution < 1.29 is 14.3 Å². The highest BCUT2D eigenvalue weighted by atomic mass is 35.5. The van der Waals surface area contributed by atoms with Crippen LogP contribution in [0.15, 0.2) is 36.4 Å². The largest absolute Gasteiger partial charge is 0.490 e. The molecule has 2 aromatic carbocycles.